The van der Waals surface area contributed by atoms with E-state index in [0.29, 0.717) is 19.0 Å². The molecular weight excluding hydrogens is 171 g/mol. The Bertz CT molecular complexity index is 210. The molecule has 1 aliphatic rings. The molecule has 1 rings (SSSR count). The lowest BCUT2D eigenvalue weighted by Gasteiger charge is -2.30. The fourth-order valence-electron chi connectivity index (χ4n) is 1.31. The van der Waals surface area contributed by atoms with Crippen molar-refractivity contribution in [1.29, 1.82) is 0 Å². The summed E-state index contributed by atoms with van der Waals surface area (Å²) in [6.07, 6.45) is 1.21. The van der Waals surface area contributed by atoms with Gasteiger partial charge in [0, 0.05) is 20.1 Å². The summed E-state index contributed by atoms with van der Waals surface area (Å²) in [5, 5.41) is 2.83. The number of ether oxygens (including phenoxy) is 1. The number of nitrogens with zero attached hydrogens (tertiary/aromatic N) is 1. The minimum Gasteiger partial charge on any atom is -0.378 e. The van der Waals surface area contributed by atoms with Gasteiger partial charge in [0.25, 0.3) is 0 Å². The van der Waals surface area contributed by atoms with Gasteiger partial charge in [-0.3, -0.25) is 0 Å². The van der Waals surface area contributed by atoms with Crippen LogP contribution in [0.3, 0.4) is 0 Å². The molecule has 0 spiro atoms. The summed E-state index contributed by atoms with van der Waals surface area (Å²) in [6, 6.07) is 0. The fraction of sp³-hybridized carbons (Fsp3) is 0.556. The molecule has 1 heterocycles. The van der Waals surface area contributed by atoms with E-state index >= 15 is 0 Å². The number of allylic oxidation sites excluding steroid dienone is 2. The molecule has 13 heavy (non-hydrogen) atoms. The molecular formula is C9H15FN2O. The second-order valence-electron chi connectivity index (χ2n) is 2.75. The van der Waals surface area contributed by atoms with Crippen LogP contribution >= 0.6 is 0 Å². The lowest BCUT2D eigenvalue weighted by molar-refractivity contribution is 0.0496. The summed E-state index contributed by atoms with van der Waals surface area (Å²) in [4.78, 5) is 1.92. The average Bonchev–Trinajstić information content (AvgIpc) is 2.20. The third kappa shape index (κ3) is 2.45. The van der Waals surface area contributed by atoms with Crippen LogP contribution in [0.4, 0.5) is 4.39 Å². The molecule has 0 atom stereocenters. The lowest BCUT2D eigenvalue weighted by Crippen LogP contribution is -2.39. The number of hydrogen-bond donors (Lipinski definition) is 1. The molecule has 0 aromatic rings. The molecule has 1 fully saturated rings. The van der Waals surface area contributed by atoms with Crippen molar-refractivity contribution in [2.24, 2.45) is 0 Å². The first-order chi connectivity index (χ1) is 6.29. The maximum atomic E-state index is 13.2. The smallest absolute Gasteiger partial charge is 0.162 e. The van der Waals surface area contributed by atoms with E-state index in [2.05, 4.69) is 11.9 Å². The van der Waals surface area contributed by atoms with Crippen molar-refractivity contribution >= 4 is 0 Å². The summed E-state index contributed by atoms with van der Waals surface area (Å²) in [6.45, 7) is 6.13. The highest BCUT2D eigenvalue weighted by atomic mass is 19.1. The Morgan fingerprint density at radius 3 is 2.62 bits per heavy atom. The van der Waals surface area contributed by atoms with Crippen molar-refractivity contribution in [3.8, 4) is 0 Å². The van der Waals surface area contributed by atoms with Gasteiger partial charge in [0.1, 0.15) is 5.82 Å². The van der Waals surface area contributed by atoms with Crippen molar-refractivity contribution in [3.05, 3.63) is 24.3 Å². The number of morpholine rings is 1. The molecule has 3 nitrogen and oxygen atoms in total. The van der Waals surface area contributed by atoms with Crippen LogP contribution < -0.4 is 5.32 Å². The second-order valence-corrected chi connectivity index (χ2v) is 2.75. The summed E-state index contributed by atoms with van der Waals surface area (Å²) < 4.78 is 18.4. The summed E-state index contributed by atoms with van der Waals surface area (Å²) in [5.74, 6) is 0.183. The quantitative estimate of drug-likeness (QED) is 0.662. The first-order valence-electron chi connectivity index (χ1n) is 4.32. The van der Waals surface area contributed by atoms with Crippen LogP contribution in [-0.2, 0) is 4.74 Å². The van der Waals surface area contributed by atoms with Crippen molar-refractivity contribution in [1.82, 2.24) is 10.2 Å². The molecule has 1 N–H and O–H groups in total. The second kappa shape index (κ2) is 4.87. The standard InChI is InChI=1S/C9H15FN2O/c1-3-8(10)9(11-2)12-4-6-13-7-5-12/h3,11H,1,4-7H2,2H3/b9-8-. The predicted octanol–water partition coefficient (Wildman–Crippen LogP) is 0.863. The highest BCUT2D eigenvalue weighted by Crippen LogP contribution is 2.11. The van der Waals surface area contributed by atoms with Gasteiger partial charge in [-0.2, -0.15) is 0 Å². The largest absolute Gasteiger partial charge is 0.378 e. The van der Waals surface area contributed by atoms with Gasteiger partial charge in [-0.1, -0.05) is 6.58 Å². The van der Waals surface area contributed by atoms with Crippen LogP contribution in [0, 0.1) is 0 Å². The maximum Gasteiger partial charge on any atom is 0.162 e. The molecule has 0 aliphatic carbocycles. The molecule has 0 amide bonds. The average molecular weight is 186 g/mol. The molecule has 0 saturated carbocycles. The maximum absolute atomic E-state index is 13.2. The Labute approximate surface area is 77.9 Å². The van der Waals surface area contributed by atoms with E-state index in [1.807, 2.05) is 4.90 Å². The van der Waals surface area contributed by atoms with Crippen molar-refractivity contribution < 1.29 is 9.13 Å². The van der Waals surface area contributed by atoms with Gasteiger partial charge in [-0.15, -0.1) is 0 Å². The number of halogens is 1. The van der Waals surface area contributed by atoms with Crippen LogP contribution in [-0.4, -0.2) is 38.3 Å². The fourth-order valence-corrected chi connectivity index (χ4v) is 1.31. The molecule has 1 aliphatic heterocycles. The first-order valence-corrected chi connectivity index (χ1v) is 4.32. The van der Waals surface area contributed by atoms with Gasteiger partial charge in [0.2, 0.25) is 0 Å². The summed E-state index contributed by atoms with van der Waals surface area (Å²) >= 11 is 0. The SMILES string of the molecule is C=C/C(F)=C(\NC)N1CCOCC1. The van der Waals surface area contributed by atoms with E-state index in [0.717, 1.165) is 13.1 Å². The predicted molar refractivity (Wildman–Crippen MR) is 49.8 cm³/mol. The van der Waals surface area contributed by atoms with Gasteiger partial charge in [-0.05, 0) is 6.08 Å². The van der Waals surface area contributed by atoms with E-state index in [-0.39, 0.29) is 5.83 Å². The molecule has 0 unspecified atom stereocenters. The Hall–Kier alpha value is -1.03. The zero-order valence-corrected chi connectivity index (χ0v) is 7.85. The highest BCUT2D eigenvalue weighted by molar-refractivity contribution is 5.15. The summed E-state index contributed by atoms with van der Waals surface area (Å²) in [7, 11) is 1.70. The van der Waals surface area contributed by atoms with Gasteiger partial charge in [0.15, 0.2) is 5.83 Å². The van der Waals surface area contributed by atoms with Gasteiger partial charge in [-0.25, -0.2) is 4.39 Å². The Balaban J connectivity index is 2.69. The van der Waals surface area contributed by atoms with Crippen molar-refractivity contribution in [2.45, 2.75) is 0 Å². The molecule has 0 radical (unpaired) electrons. The Kier molecular flexibility index (Phi) is 3.76. The molecule has 0 bridgehead atoms. The van der Waals surface area contributed by atoms with Crippen LogP contribution in [0.15, 0.2) is 24.3 Å². The number of hydrogen-bond acceptors (Lipinski definition) is 3. The summed E-state index contributed by atoms with van der Waals surface area (Å²) in [5.41, 5.74) is 0. The zero-order chi connectivity index (χ0) is 9.68. The molecule has 0 aromatic heterocycles. The minimum absolute atomic E-state index is 0.315. The normalized spacial score (nSPS) is 19.4. The number of nitrogens with one attached hydrogen (secondary N) is 1. The molecule has 4 heteroatoms. The number of rotatable bonds is 3. The van der Waals surface area contributed by atoms with Gasteiger partial charge < -0.3 is 15.0 Å². The van der Waals surface area contributed by atoms with Crippen molar-refractivity contribution in [2.75, 3.05) is 33.4 Å². The lowest BCUT2D eigenvalue weighted by atomic mass is 10.4. The van der Waals surface area contributed by atoms with E-state index < -0.39 is 0 Å². The van der Waals surface area contributed by atoms with Crippen LogP contribution in [0.5, 0.6) is 0 Å². The van der Waals surface area contributed by atoms with Crippen LogP contribution in [0.2, 0.25) is 0 Å². The van der Waals surface area contributed by atoms with Gasteiger partial charge in [0.05, 0.1) is 13.2 Å². The van der Waals surface area contributed by atoms with E-state index in [1.54, 1.807) is 7.05 Å². The highest BCUT2D eigenvalue weighted by Gasteiger charge is 2.15. The Morgan fingerprint density at radius 2 is 2.15 bits per heavy atom. The van der Waals surface area contributed by atoms with Gasteiger partial charge >= 0.3 is 0 Å². The Morgan fingerprint density at radius 1 is 1.54 bits per heavy atom. The molecule has 1 saturated heterocycles. The zero-order valence-electron chi connectivity index (χ0n) is 7.85. The monoisotopic (exact) mass is 186 g/mol. The van der Waals surface area contributed by atoms with Crippen LogP contribution in [0.1, 0.15) is 0 Å². The van der Waals surface area contributed by atoms with E-state index in [1.165, 1.54) is 6.08 Å². The van der Waals surface area contributed by atoms with Crippen molar-refractivity contribution in [3.63, 3.8) is 0 Å². The topological polar surface area (TPSA) is 24.5 Å². The van der Waals surface area contributed by atoms with Crippen LogP contribution in [0.25, 0.3) is 0 Å². The first kappa shape index (κ1) is 10.1. The molecule has 74 valence electrons. The minimum atomic E-state index is -0.315. The third-order valence-electron chi connectivity index (χ3n) is 1.97. The van der Waals surface area contributed by atoms with E-state index in [4.69, 9.17) is 4.74 Å². The molecule has 0 aromatic carbocycles. The van der Waals surface area contributed by atoms with E-state index in [9.17, 15) is 4.39 Å². The third-order valence-corrected chi connectivity index (χ3v) is 1.97.